The van der Waals surface area contributed by atoms with Crippen LogP contribution in [0.5, 0.6) is 0 Å². The van der Waals surface area contributed by atoms with Crippen molar-refractivity contribution in [2.24, 2.45) is 0 Å². The van der Waals surface area contributed by atoms with Crippen LogP contribution >= 0.6 is 0 Å². The minimum atomic E-state index is -2.96. The highest BCUT2D eigenvalue weighted by atomic mass is 32.2. The molecule has 2 saturated heterocycles. The summed E-state index contributed by atoms with van der Waals surface area (Å²) in [4.78, 5) is 17.8. The summed E-state index contributed by atoms with van der Waals surface area (Å²) >= 11 is 0. The first-order valence-corrected chi connectivity index (χ1v) is 10.8. The molecule has 1 amide bonds. The van der Waals surface area contributed by atoms with Gasteiger partial charge in [-0.3, -0.25) is 4.79 Å². The van der Waals surface area contributed by atoms with E-state index in [1.54, 1.807) is 11.9 Å². The van der Waals surface area contributed by atoms with Crippen LogP contribution in [0.3, 0.4) is 0 Å². The number of likely N-dealkylation sites (N-methyl/N-ethyl adjacent to an activating group) is 1. The van der Waals surface area contributed by atoms with Crippen LogP contribution in [0.1, 0.15) is 12.0 Å². The first-order chi connectivity index (χ1) is 11.9. The molecule has 1 atom stereocenters. The predicted molar refractivity (Wildman–Crippen MR) is 98.8 cm³/mol. The Bertz CT molecular complexity index is 727. The summed E-state index contributed by atoms with van der Waals surface area (Å²) in [5.41, 5.74) is 2.56. The second-order valence-electron chi connectivity index (χ2n) is 7.26. The third kappa shape index (κ3) is 4.33. The Labute approximate surface area is 150 Å². The highest BCUT2D eigenvalue weighted by Gasteiger charge is 2.34. The minimum Gasteiger partial charge on any atom is -0.360 e. The summed E-state index contributed by atoms with van der Waals surface area (Å²) in [6.45, 7) is 6.31. The predicted octanol–water partition coefficient (Wildman–Crippen LogP) is -0.655. The van der Waals surface area contributed by atoms with E-state index in [2.05, 4.69) is 36.1 Å². The second-order valence-corrected chi connectivity index (χ2v) is 9.49. The maximum atomic E-state index is 12.5. The number of carbonyl (C=O) groups excluding carboxylic acids is 1. The Morgan fingerprint density at radius 2 is 1.96 bits per heavy atom. The van der Waals surface area contributed by atoms with Gasteiger partial charge >= 0.3 is 0 Å². The van der Waals surface area contributed by atoms with Crippen molar-refractivity contribution in [2.75, 3.05) is 56.2 Å². The van der Waals surface area contributed by atoms with E-state index >= 15 is 0 Å². The van der Waals surface area contributed by atoms with Crippen molar-refractivity contribution in [1.82, 2.24) is 4.90 Å². The fourth-order valence-corrected chi connectivity index (χ4v) is 5.56. The van der Waals surface area contributed by atoms with Gasteiger partial charge in [-0.15, -0.1) is 0 Å². The third-order valence-corrected chi connectivity index (χ3v) is 7.23. The molecule has 2 aliphatic rings. The standard InChI is InChI=1S/C18H27N3O3S/c1-15-5-3-4-6-17(15)21-10-8-20(9-11-21)13-18(22)19(2)16-7-12-25(23,24)14-16/h3-6,16H,7-14H2,1-2H3/p+1/t16-/m0/s1. The van der Waals surface area contributed by atoms with Crippen molar-refractivity contribution >= 4 is 21.4 Å². The topological polar surface area (TPSA) is 62.1 Å². The molecule has 0 spiro atoms. The monoisotopic (exact) mass is 366 g/mol. The number of amides is 1. The number of anilines is 1. The first-order valence-electron chi connectivity index (χ1n) is 8.96. The molecule has 1 aromatic carbocycles. The molecule has 0 radical (unpaired) electrons. The van der Waals surface area contributed by atoms with Gasteiger partial charge in [0, 0.05) is 18.8 Å². The van der Waals surface area contributed by atoms with E-state index in [1.165, 1.54) is 16.2 Å². The Morgan fingerprint density at radius 3 is 2.56 bits per heavy atom. The molecule has 0 unspecified atom stereocenters. The van der Waals surface area contributed by atoms with E-state index < -0.39 is 9.84 Å². The summed E-state index contributed by atoms with van der Waals surface area (Å²) in [6.07, 6.45) is 0.570. The molecular weight excluding hydrogens is 338 g/mol. The highest BCUT2D eigenvalue weighted by molar-refractivity contribution is 7.91. The Morgan fingerprint density at radius 1 is 1.28 bits per heavy atom. The molecule has 1 aromatic rings. The van der Waals surface area contributed by atoms with E-state index in [0.29, 0.717) is 13.0 Å². The summed E-state index contributed by atoms with van der Waals surface area (Å²) in [6, 6.07) is 8.25. The van der Waals surface area contributed by atoms with Crippen molar-refractivity contribution in [3.8, 4) is 0 Å². The second kappa shape index (κ2) is 7.33. The largest absolute Gasteiger partial charge is 0.360 e. The van der Waals surface area contributed by atoms with E-state index in [-0.39, 0.29) is 23.5 Å². The Kier molecular flexibility index (Phi) is 5.34. The average molecular weight is 367 g/mol. The van der Waals surface area contributed by atoms with Crippen LogP contribution in [0.4, 0.5) is 5.69 Å². The molecular formula is C18H28N3O3S+. The smallest absolute Gasteiger partial charge is 0.277 e. The number of hydrogen-bond acceptors (Lipinski definition) is 4. The maximum Gasteiger partial charge on any atom is 0.277 e. The van der Waals surface area contributed by atoms with Crippen LogP contribution in [-0.4, -0.2) is 76.5 Å². The molecule has 2 heterocycles. The Hall–Kier alpha value is -1.60. The zero-order valence-corrected chi connectivity index (χ0v) is 15.9. The number of nitrogens with zero attached hydrogens (tertiary/aromatic N) is 2. The zero-order valence-electron chi connectivity index (χ0n) is 15.1. The number of carbonyl (C=O) groups is 1. The summed E-state index contributed by atoms with van der Waals surface area (Å²) in [5, 5.41) is 0. The summed E-state index contributed by atoms with van der Waals surface area (Å²) in [7, 11) is -1.21. The van der Waals surface area contributed by atoms with Crippen LogP contribution in [0.25, 0.3) is 0 Å². The first kappa shape index (κ1) is 18.2. The van der Waals surface area contributed by atoms with Gasteiger partial charge < -0.3 is 14.7 Å². The number of piperazine rings is 1. The van der Waals surface area contributed by atoms with Gasteiger partial charge in [-0.05, 0) is 25.0 Å². The van der Waals surface area contributed by atoms with Crippen LogP contribution < -0.4 is 9.80 Å². The van der Waals surface area contributed by atoms with Crippen molar-refractivity contribution in [1.29, 1.82) is 0 Å². The number of nitrogens with one attached hydrogen (secondary N) is 1. The van der Waals surface area contributed by atoms with Gasteiger partial charge in [0.15, 0.2) is 16.4 Å². The Balaban J connectivity index is 1.50. The number of quaternary nitrogens is 1. The van der Waals surface area contributed by atoms with Crippen LogP contribution in [0.2, 0.25) is 0 Å². The number of sulfone groups is 1. The fraction of sp³-hybridized carbons (Fsp3) is 0.611. The van der Waals surface area contributed by atoms with Crippen molar-refractivity contribution in [3.63, 3.8) is 0 Å². The van der Waals surface area contributed by atoms with Crippen molar-refractivity contribution in [3.05, 3.63) is 29.8 Å². The zero-order chi connectivity index (χ0) is 18.0. The van der Waals surface area contributed by atoms with Crippen LogP contribution in [-0.2, 0) is 14.6 Å². The molecule has 6 nitrogen and oxygen atoms in total. The van der Waals surface area contributed by atoms with Crippen molar-refractivity contribution < 1.29 is 18.1 Å². The van der Waals surface area contributed by atoms with E-state index in [4.69, 9.17) is 0 Å². The van der Waals surface area contributed by atoms with Gasteiger partial charge in [0.1, 0.15) is 0 Å². The van der Waals surface area contributed by atoms with E-state index in [0.717, 1.165) is 26.2 Å². The van der Waals surface area contributed by atoms with Gasteiger partial charge in [-0.1, -0.05) is 18.2 Å². The van der Waals surface area contributed by atoms with Crippen molar-refractivity contribution in [2.45, 2.75) is 19.4 Å². The average Bonchev–Trinajstić information content (AvgIpc) is 2.95. The molecule has 0 saturated carbocycles. The van der Waals surface area contributed by atoms with Crippen LogP contribution in [0.15, 0.2) is 24.3 Å². The van der Waals surface area contributed by atoms with E-state index in [1.807, 2.05) is 0 Å². The molecule has 2 fully saturated rings. The summed E-state index contributed by atoms with van der Waals surface area (Å²) < 4.78 is 23.2. The number of benzene rings is 1. The molecule has 7 heteroatoms. The van der Waals surface area contributed by atoms with Gasteiger partial charge in [0.2, 0.25) is 0 Å². The molecule has 25 heavy (non-hydrogen) atoms. The lowest BCUT2D eigenvalue weighted by atomic mass is 10.1. The number of aryl methyl sites for hydroxylation is 1. The molecule has 2 aliphatic heterocycles. The van der Waals surface area contributed by atoms with Gasteiger partial charge in [-0.25, -0.2) is 8.42 Å². The van der Waals surface area contributed by atoms with Gasteiger partial charge in [0.05, 0.1) is 37.7 Å². The lowest BCUT2D eigenvalue weighted by molar-refractivity contribution is -0.892. The molecule has 138 valence electrons. The molecule has 0 aromatic heterocycles. The third-order valence-electron chi connectivity index (χ3n) is 5.48. The minimum absolute atomic E-state index is 0.0569. The molecule has 3 rings (SSSR count). The highest BCUT2D eigenvalue weighted by Crippen LogP contribution is 2.19. The van der Waals surface area contributed by atoms with Gasteiger partial charge in [-0.2, -0.15) is 0 Å². The number of hydrogen-bond donors (Lipinski definition) is 1. The van der Waals surface area contributed by atoms with Gasteiger partial charge in [0.25, 0.3) is 5.91 Å². The molecule has 0 bridgehead atoms. The molecule has 1 N–H and O–H groups in total. The fourth-order valence-electron chi connectivity index (χ4n) is 3.78. The normalized spacial score (nSPS) is 23.6. The lowest BCUT2D eigenvalue weighted by Crippen LogP contribution is -3.16. The maximum absolute atomic E-state index is 12.5. The lowest BCUT2D eigenvalue weighted by Gasteiger charge is -2.35. The molecule has 0 aliphatic carbocycles. The SMILES string of the molecule is Cc1ccccc1N1CC[NH+](CC(=O)N(C)[C@H]2CCS(=O)(=O)C2)CC1. The van der Waals surface area contributed by atoms with Crippen LogP contribution in [0, 0.1) is 6.92 Å². The summed E-state index contributed by atoms with van der Waals surface area (Å²) in [5.74, 6) is 0.379. The quantitative estimate of drug-likeness (QED) is 0.769. The number of para-hydroxylation sites is 1. The van der Waals surface area contributed by atoms with E-state index in [9.17, 15) is 13.2 Å². The number of rotatable bonds is 4.